The van der Waals surface area contributed by atoms with Gasteiger partial charge in [0, 0.05) is 12.1 Å². The Balaban J connectivity index is 2.24. The van der Waals surface area contributed by atoms with Gasteiger partial charge in [-0.05, 0) is 39.0 Å². The molecule has 0 saturated carbocycles. The first-order valence-corrected chi connectivity index (χ1v) is 7.51. The average molecular weight is 297 g/mol. The largest absolute Gasteiger partial charge is 0.394 e. The van der Waals surface area contributed by atoms with Gasteiger partial charge in [0.1, 0.15) is 5.76 Å². The second-order valence-electron chi connectivity index (χ2n) is 5.82. The van der Waals surface area contributed by atoms with Gasteiger partial charge in [0.15, 0.2) is 0 Å². The number of nitrogens with zero attached hydrogens (tertiary/aromatic N) is 1. The number of aryl methyl sites for hydroxylation is 2. The number of carbonyl (C=O) groups excluding carboxylic acids is 1. The van der Waals surface area contributed by atoms with Crippen molar-refractivity contribution in [2.24, 2.45) is 5.92 Å². The zero-order chi connectivity index (χ0) is 15.8. The second-order valence-corrected chi connectivity index (χ2v) is 5.82. The van der Waals surface area contributed by atoms with Gasteiger partial charge in [-0.25, -0.2) is 4.79 Å². The lowest BCUT2D eigenvalue weighted by Crippen LogP contribution is -2.44. The molecule has 0 saturated heterocycles. The van der Waals surface area contributed by atoms with Gasteiger partial charge in [0.2, 0.25) is 0 Å². The van der Waals surface area contributed by atoms with E-state index in [4.69, 9.17) is 4.52 Å². The Bertz CT molecular complexity index is 424. The van der Waals surface area contributed by atoms with Crippen LogP contribution < -0.4 is 10.6 Å². The molecule has 21 heavy (non-hydrogen) atoms. The van der Waals surface area contributed by atoms with Crippen molar-refractivity contribution in [3.63, 3.8) is 0 Å². The van der Waals surface area contributed by atoms with Crippen molar-refractivity contribution in [2.45, 2.75) is 53.0 Å². The number of nitrogens with one attached hydrogen (secondary N) is 2. The van der Waals surface area contributed by atoms with Gasteiger partial charge in [-0.2, -0.15) is 0 Å². The van der Waals surface area contributed by atoms with Gasteiger partial charge in [0.05, 0.1) is 18.3 Å². The molecular formula is C15H27N3O3. The molecule has 0 aliphatic rings. The number of amides is 2. The zero-order valence-electron chi connectivity index (χ0n) is 13.4. The number of hydrogen-bond donors (Lipinski definition) is 3. The summed E-state index contributed by atoms with van der Waals surface area (Å²) in [5, 5.41) is 18.7. The van der Waals surface area contributed by atoms with Gasteiger partial charge < -0.3 is 20.3 Å². The maximum Gasteiger partial charge on any atom is 0.315 e. The highest BCUT2D eigenvalue weighted by atomic mass is 16.5. The second kappa shape index (κ2) is 8.67. The standard InChI is InChI=1S/C15H27N3O3/c1-10(2)8-13(9-19)17-15(20)16-7-5-6-14-11(3)18-21-12(14)4/h10,13,19H,5-9H2,1-4H3,(H2,16,17,20). The van der Waals surface area contributed by atoms with Crippen LogP contribution in [0, 0.1) is 19.8 Å². The normalized spacial score (nSPS) is 12.5. The van der Waals surface area contributed by atoms with E-state index in [-0.39, 0.29) is 18.7 Å². The molecule has 6 heteroatoms. The van der Waals surface area contributed by atoms with E-state index in [2.05, 4.69) is 29.6 Å². The van der Waals surface area contributed by atoms with Crippen LogP contribution in [0.15, 0.2) is 4.52 Å². The third-order valence-corrected chi connectivity index (χ3v) is 3.38. The highest BCUT2D eigenvalue weighted by Gasteiger charge is 2.13. The van der Waals surface area contributed by atoms with E-state index in [0.717, 1.165) is 36.3 Å². The molecule has 1 aromatic rings. The first-order valence-electron chi connectivity index (χ1n) is 7.51. The zero-order valence-corrected chi connectivity index (χ0v) is 13.4. The highest BCUT2D eigenvalue weighted by molar-refractivity contribution is 5.74. The molecule has 0 aliphatic heterocycles. The van der Waals surface area contributed by atoms with E-state index in [1.165, 1.54) is 0 Å². The van der Waals surface area contributed by atoms with Crippen LogP contribution in [0.25, 0.3) is 0 Å². The molecule has 1 atom stereocenters. The number of rotatable bonds is 8. The summed E-state index contributed by atoms with van der Waals surface area (Å²) < 4.78 is 5.10. The molecule has 0 fully saturated rings. The van der Waals surface area contributed by atoms with Crippen molar-refractivity contribution in [1.82, 2.24) is 15.8 Å². The molecule has 1 unspecified atom stereocenters. The lowest BCUT2D eigenvalue weighted by Gasteiger charge is -2.18. The van der Waals surface area contributed by atoms with Gasteiger partial charge in [-0.15, -0.1) is 0 Å². The highest BCUT2D eigenvalue weighted by Crippen LogP contribution is 2.13. The fourth-order valence-corrected chi connectivity index (χ4v) is 2.31. The van der Waals surface area contributed by atoms with Crippen molar-refractivity contribution >= 4 is 6.03 Å². The maximum absolute atomic E-state index is 11.7. The van der Waals surface area contributed by atoms with Crippen molar-refractivity contribution in [3.8, 4) is 0 Å². The van der Waals surface area contributed by atoms with Crippen molar-refractivity contribution in [3.05, 3.63) is 17.0 Å². The van der Waals surface area contributed by atoms with Crippen LogP contribution in [-0.4, -0.2) is 35.5 Å². The Morgan fingerprint density at radius 3 is 2.62 bits per heavy atom. The number of carbonyl (C=O) groups is 1. The van der Waals surface area contributed by atoms with Crippen molar-refractivity contribution < 1.29 is 14.4 Å². The van der Waals surface area contributed by atoms with Crippen LogP contribution in [-0.2, 0) is 6.42 Å². The molecule has 0 aromatic carbocycles. The molecule has 120 valence electrons. The molecular weight excluding hydrogens is 270 g/mol. The Kier molecular flexibility index (Phi) is 7.22. The summed E-state index contributed by atoms with van der Waals surface area (Å²) in [7, 11) is 0. The molecule has 1 rings (SSSR count). The van der Waals surface area contributed by atoms with Crippen molar-refractivity contribution in [2.75, 3.05) is 13.2 Å². The number of hydrogen-bond acceptors (Lipinski definition) is 4. The van der Waals surface area contributed by atoms with Crippen LogP contribution in [0.1, 0.15) is 43.7 Å². The first-order chi connectivity index (χ1) is 9.93. The summed E-state index contributed by atoms with van der Waals surface area (Å²) in [5.74, 6) is 1.27. The Hall–Kier alpha value is -1.56. The van der Waals surface area contributed by atoms with Gasteiger partial charge in [-0.1, -0.05) is 19.0 Å². The number of aliphatic hydroxyl groups excluding tert-OH is 1. The molecule has 1 heterocycles. The van der Waals surface area contributed by atoms with Crippen LogP contribution in [0.2, 0.25) is 0 Å². The molecule has 0 bridgehead atoms. The quantitative estimate of drug-likeness (QED) is 0.640. The predicted molar refractivity (Wildman–Crippen MR) is 81.2 cm³/mol. The average Bonchev–Trinajstić information content (AvgIpc) is 2.73. The van der Waals surface area contributed by atoms with Gasteiger partial charge in [-0.3, -0.25) is 0 Å². The number of urea groups is 1. The van der Waals surface area contributed by atoms with Crippen LogP contribution in [0.3, 0.4) is 0 Å². The van der Waals surface area contributed by atoms with E-state index in [0.29, 0.717) is 12.5 Å². The molecule has 6 nitrogen and oxygen atoms in total. The summed E-state index contributed by atoms with van der Waals surface area (Å²) in [5.41, 5.74) is 2.03. The summed E-state index contributed by atoms with van der Waals surface area (Å²) in [4.78, 5) is 11.7. The minimum atomic E-state index is -0.228. The predicted octanol–water partition coefficient (Wildman–Crippen LogP) is 1.93. The van der Waals surface area contributed by atoms with E-state index in [9.17, 15) is 9.90 Å². The van der Waals surface area contributed by atoms with Gasteiger partial charge >= 0.3 is 6.03 Å². The molecule has 0 radical (unpaired) electrons. The molecule has 2 amide bonds. The van der Waals surface area contributed by atoms with E-state index in [1.807, 2.05) is 13.8 Å². The molecule has 3 N–H and O–H groups in total. The summed E-state index contributed by atoms with van der Waals surface area (Å²) in [6.07, 6.45) is 2.42. The Morgan fingerprint density at radius 2 is 2.10 bits per heavy atom. The SMILES string of the molecule is Cc1noc(C)c1CCCNC(=O)NC(CO)CC(C)C. The lowest BCUT2D eigenvalue weighted by molar-refractivity contribution is 0.207. The fourth-order valence-electron chi connectivity index (χ4n) is 2.31. The van der Waals surface area contributed by atoms with Crippen molar-refractivity contribution in [1.29, 1.82) is 0 Å². The van der Waals surface area contributed by atoms with Crippen LogP contribution in [0.5, 0.6) is 0 Å². The van der Waals surface area contributed by atoms with Crippen LogP contribution in [0.4, 0.5) is 4.79 Å². The number of aromatic nitrogens is 1. The van der Waals surface area contributed by atoms with Crippen LogP contribution >= 0.6 is 0 Å². The maximum atomic E-state index is 11.7. The topological polar surface area (TPSA) is 87.4 Å². The minimum Gasteiger partial charge on any atom is -0.394 e. The lowest BCUT2D eigenvalue weighted by atomic mass is 10.0. The first kappa shape index (κ1) is 17.5. The fraction of sp³-hybridized carbons (Fsp3) is 0.733. The van der Waals surface area contributed by atoms with E-state index in [1.54, 1.807) is 0 Å². The Morgan fingerprint density at radius 1 is 1.38 bits per heavy atom. The molecule has 0 aliphatic carbocycles. The van der Waals surface area contributed by atoms with Gasteiger partial charge in [0.25, 0.3) is 0 Å². The summed E-state index contributed by atoms with van der Waals surface area (Å²) in [6.45, 7) is 8.48. The third kappa shape index (κ3) is 6.16. The number of aliphatic hydroxyl groups is 1. The Labute approximate surface area is 126 Å². The van der Waals surface area contributed by atoms with E-state index >= 15 is 0 Å². The monoisotopic (exact) mass is 297 g/mol. The minimum absolute atomic E-state index is 0.0370. The smallest absolute Gasteiger partial charge is 0.315 e. The third-order valence-electron chi connectivity index (χ3n) is 3.38. The van der Waals surface area contributed by atoms with E-state index < -0.39 is 0 Å². The summed E-state index contributed by atoms with van der Waals surface area (Å²) in [6, 6.07) is -0.416. The molecule has 0 spiro atoms. The molecule has 1 aromatic heterocycles. The summed E-state index contributed by atoms with van der Waals surface area (Å²) >= 11 is 0.